The zero-order chi connectivity index (χ0) is 19.3. The Bertz CT molecular complexity index is 1030. The van der Waals surface area contributed by atoms with Crippen molar-refractivity contribution in [2.45, 2.75) is 56.7 Å². The summed E-state index contributed by atoms with van der Waals surface area (Å²) in [6, 6.07) is 6.44. The first-order valence-corrected chi connectivity index (χ1v) is 9.80. The third-order valence-corrected chi connectivity index (χ3v) is 6.09. The molecule has 142 valence electrons. The van der Waals surface area contributed by atoms with Crippen molar-refractivity contribution in [3.63, 3.8) is 0 Å². The molecule has 7 nitrogen and oxygen atoms in total. The molecule has 28 heavy (non-hydrogen) atoms. The molecule has 3 aliphatic rings. The Morgan fingerprint density at radius 3 is 2.96 bits per heavy atom. The molecule has 1 saturated carbocycles. The zero-order valence-electron chi connectivity index (χ0n) is 15.5. The molecule has 5 rings (SSSR count). The molecular formula is C21H21N5O2. The lowest BCUT2D eigenvalue weighted by Crippen LogP contribution is -2.42. The van der Waals surface area contributed by atoms with Crippen molar-refractivity contribution >= 4 is 34.7 Å². The topological polar surface area (TPSA) is 93.1 Å². The van der Waals surface area contributed by atoms with E-state index in [-0.39, 0.29) is 30.5 Å². The summed E-state index contributed by atoms with van der Waals surface area (Å²) in [6.45, 7) is 0. The van der Waals surface area contributed by atoms with Gasteiger partial charge in [-0.15, -0.1) is 0 Å². The van der Waals surface area contributed by atoms with Gasteiger partial charge in [-0.2, -0.15) is 5.26 Å². The number of aromatic amines is 1. The molecule has 2 fully saturated rings. The number of carbonyl (C=O) groups is 2. The molecule has 0 radical (unpaired) electrons. The van der Waals surface area contributed by atoms with E-state index in [1.807, 2.05) is 29.3 Å². The van der Waals surface area contributed by atoms with Crippen molar-refractivity contribution < 1.29 is 9.59 Å². The predicted molar refractivity (Wildman–Crippen MR) is 104 cm³/mol. The predicted octanol–water partition coefficient (Wildman–Crippen LogP) is 2.75. The van der Waals surface area contributed by atoms with Crippen molar-refractivity contribution in [3.8, 4) is 6.07 Å². The molecule has 2 aromatic heterocycles. The van der Waals surface area contributed by atoms with Gasteiger partial charge in [-0.25, -0.2) is 4.98 Å². The fraction of sp³-hybridized carbons (Fsp3) is 0.429. The number of aromatic nitrogens is 2. The third-order valence-electron chi connectivity index (χ3n) is 6.09. The Kier molecular flexibility index (Phi) is 3.93. The Labute approximate surface area is 162 Å². The molecule has 1 N–H and O–H groups in total. The van der Waals surface area contributed by atoms with E-state index in [9.17, 15) is 9.59 Å². The quantitative estimate of drug-likeness (QED) is 0.813. The lowest BCUT2D eigenvalue weighted by Gasteiger charge is -2.34. The maximum absolute atomic E-state index is 12.4. The Morgan fingerprint density at radius 2 is 2.25 bits per heavy atom. The standard InChI is InChI=1S/C21H21N5O2/c22-7-5-20(28)26-15-3-4-16(26)10-13(9-15)18-11-19(25(12-27)14-1-2-14)24-21-17(18)6-8-23-21/h6,8-9,11-12,14-16H,1-5,10H2,(H,23,24). The van der Waals surface area contributed by atoms with Crippen molar-refractivity contribution in [3.05, 3.63) is 30.0 Å². The normalized spacial score (nSPS) is 23.4. The lowest BCUT2D eigenvalue weighted by atomic mass is 9.93. The molecule has 2 atom stereocenters. The van der Waals surface area contributed by atoms with Crippen LogP contribution < -0.4 is 4.90 Å². The van der Waals surface area contributed by atoms with Crippen LogP contribution in [0.15, 0.2) is 24.4 Å². The van der Waals surface area contributed by atoms with Crippen LogP contribution in [0.4, 0.5) is 5.82 Å². The highest BCUT2D eigenvalue weighted by atomic mass is 16.2. The average molecular weight is 375 g/mol. The van der Waals surface area contributed by atoms with Gasteiger partial charge >= 0.3 is 0 Å². The maximum atomic E-state index is 12.4. The smallest absolute Gasteiger partial charge is 0.237 e. The number of carbonyl (C=O) groups excluding carboxylic acids is 2. The molecule has 2 aromatic rings. The molecular weight excluding hydrogens is 354 g/mol. The number of fused-ring (bicyclic) bond motifs is 3. The van der Waals surface area contributed by atoms with Crippen molar-refractivity contribution in [2.24, 2.45) is 0 Å². The van der Waals surface area contributed by atoms with Gasteiger partial charge in [-0.05, 0) is 55.4 Å². The molecule has 4 heterocycles. The summed E-state index contributed by atoms with van der Waals surface area (Å²) in [7, 11) is 0. The minimum Gasteiger partial charge on any atom is -0.346 e. The van der Waals surface area contributed by atoms with Gasteiger partial charge in [0.2, 0.25) is 12.3 Å². The number of nitrogens with one attached hydrogen (secondary N) is 1. The number of hydrogen-bond donors (Lipinski definition) is 1. The van der Waals surface area contributed by atoms with Gasteiger partial charge in [-0.3, -0.25) is 14.5 Å². The van der Waals surface area contributed by atoms with E-state index in [0.717, 1.165) is 55.1 Å². The summed E-state index contributed by atoms with van der Waals surface area (Å²) in [5, 5.41) is 9.92. The van der Waals surface area contributed by atoms with Crippen LogP contribution in [0.2, 0.25) is 0 Å². The first kappa shape index (κ1) is 17.0. The minimum atomic E-state index is -0.0756. The number of nitrogens with zero attached hydrogens (tertiary/aromatic N) is 4. The first-order valence-electron chi connectivity index (χ1n) is 9.80. The van der Waals surface area contributed by atoms with Crippen molar-refractivity contribution in [2.75, 3.05) is 4.90 Å². The number of pyridine rings is 1. The summed E-state index contributed by atoms with van der Waals surface area (Å²) in [5.74, 6) is 0.604. The van der Waals surface area contributed by atoms with Crippen LogP contribution in [0.25, 0.3) is 16.6 Å². The number of amides is 2. The second-order valence-electron chi connectivity index (χ2n) is 7.84. The average Bonchev–Trinajstić information content (AvgIpc) is 3.34. The van der Waals surface area contributed by atoms with Crippen molar-refractivity contribution in [1.82, 2.24) is 14.9 Å². The van der Waals surface area contributed by atoms with Gasteiger partial charge in [0.15, 0.2) is 0 Å². The van der Waals surface area contributed by atoms with E-state index >= 15 is 0 Å². The summed E-state index contributed by atoms with van der Waals surface area (Å²) >= 11 is 0. The fourth-order valence-electron chi connectivity index (χ4n) is 4.68. The van der Waals surface area contributed by atoms with Gasteiger partial charge < -0.3 is 9.88 Å². The zero-order valence-corrected chi connectivity index (χ0v) is 15.5. The van der Waals surface area contributed by atoms with Gasteiger partial charge in [0.05, 0.1) is 12.1 Å². The maximum Gasteiger partial charge on any atom is 0.237 e. The van der Waals surface area contributed by atoms with E-state index in [1.165, 1.54) is 5.57 Å². The molecule has 1 saturated heterocycles. The molecule has 2 bridgehead atoms. The molecule has 7 heteroatoms. The number of rotatable bonds is 5. The first-order chi connectivity index (χ1) is 13.7. The molecule has 2 aliphatic heterocycles. The van der Waals surface area contributed by atoms with Crippen LogP contribution in [0.5, 0.6) is 0 Å². The molecule has 2 amide bonds. The Balaban J connectivity index is 1.55. The second kappa shape index (κ2) is 6.48. The molecule has 0 aromatic carbocycles. The van der Waals surface area contributed by atoms with Crippen molar-refractivity contribution in [1.29, 1.82) is 5.26 Å². The SMILES string of the molecule is N#CCC(=O)N1C2C=C(c3cc(N(C=O)C4CC4)nc4[nH]ccc34)CC1CC2. The number of anilines is 1. The van der Waals surface area contributed by atoms with Crippen LogP contribution in [-0.4, -0.2) is 45.3 Å². The van der Waals surface area contributed by atoms with E-state index < -0.39 is 0 Å². The number of nitriles is 1. The second-order valence-corrected chi connectivity index (χ2v) is 7.84. The summed E-state index contributed by atoms with van der Waals surface area (Å²) < 4.78 is 0. The fourth-order valence-corrected chi connectivity index (χ4v) is 4.68. The van der Waals surface area contributed by atoms with Crippen LogP contribution >= 0.6 is 0 Å². The Hall–Kier alpha value is -3.14. The summed E-state index contributed by atoms with van der Waals surface area (Å²) in [4.78, 5) is 35.4. The molecule has 1 aliphatic carbocycles. The minimum absolute atomic E-state index is 0.0470. The van der Waals surface area contributed by atoms with E-state index in [0.29, 0.717) is 5.82 Å². The highest BCUT2D eigenvalue weighted by Crippen LogP contribution is 2.41. The highest BCUT2D eigenvalue weighted by molar-refractivity contribution is 5.94. The van der Waals surface area contributed by atoms with Gasteiger partial charge in [0.25, 0.3) is 0 Å². The van der Waals surface area contributed by atoms with Gasteiger partial charge in [0, 0.05) is 23.7 Å². The van der Waals surface area contributed by atoms with E-state index in [1.54, 1.807) is 4.90 Å². The highest BCUT2D eigenvalue weighted by Gasteiger charge is 2.40. The van der Waals surface area contributed by atoms with Crippen LogP contribution in [0, 0.1) is 11.3 Å². The Morgan fingerprint density at radius 1 is 1.39 bits per heavy atom. The van der Waals surface area contributed by atoms with E-state index in [4.69, 9.17) is 5.26 Å². The van der Waals surface area contributed by atoms with E-state index in [2.05, 4.69) is 16.0 Å². The summed E-state index contributed by atoms with van der Waals surface area (Å²) in [5.41, 5.74) is 3.05. The van der Waals surface area contributed by atoms with Crippen LogP contribution in [0.1, 0.15) is 44.1 Å². The summed E-state index contributed by atoms with van der Waals surface area (Å²) in [6.07, 6.45) is 9.54. The lowest BCUT2D eigenvalue weighted by molar-refractivity contribution is -0.132. The largest absolute Gasteiger partial charge is 0.346 e. The third kappa shape index (κ3) is 2.68. The van der Waals surface area contributed by atoms with Crippen LogP contribution in [0.3, 0.4) is 0 Å². The molecule has 0 spiro atoms. The van der Waals surface area contributed by atoms with Gasteiger partial charge in [0.1, 0.15) is 17.9 Å². The van der Waals surface area contributed by atoms with Gasteiger partial charge in [-0.1, -0.05) is 6.08 Å². The van der Waals surface area contributed by atoms with Crippen LogP contribution in [-0.2, 0) is 9.59 Å². The molecule has 2 unspecified atom stereocenters. The number of hydrogen-bond acceptors (Lipinski definition) is 4. The monoisotopic (exact) mass is 375 g/mol. The number of H-pyrrole nitrogens is 1.